The molecule has 2 aliphatic rings. The van der Waals surface area contributed by atoms with Crippen molar-refractivity contribution in [3.8, 4) is 0 Å². The number of rotatable bonds is 4. The number of carbonyl (C=O) groups excluding carboxylic acids is 1. The Hall–Kier alpha value is -2.21. The molecule has 2 aromatic carbocycles. The molecule has 0 saturated carbocycles. The molecular weight excluding hydrogens is 340 g/mol. The lowest BCUT2D eigenvalue weighted by Crippen LogP contribution is -2.44. The van der Waals surface area contributed by atoms with E-state index in [4.69, 9.17) is 4.74 Å². The molecule has 0 bridgehead atoms. The van der Waals surface area contributed by atoms with Gasteiger partial charge in [-0.15, -0.1) is 0 Å². The van der Waals surface area contributed by atoms with Gasteiger partial charge in [-0.1, -0.05) is 36.4 Å². The fraction of sp³-hybridized carbons (Fsp3) is 0.409. The van der Waals surface area contributed by atoms with Gasteiger partial charge in [0.05, 0.1) is 25.4 Å². The predicted octanol–water partition coefficient (Wildman–Crippen LogP) is 2.08. The van der Waals surface area contributed by atoms with Crippen LogP contribution in [0.1, 0.15) is 27.0 Å². The minimum Gasteiger partial charge on any atom is -0.388 e. The summed E-state index contributed by atoms with van der Waals surface area (Å²) in [5.74, 6) is -0.0806. The Morgan fingerprint density at radius 3 is 2.59 bits per heavy atom. The molecule has 5 heteroatoms. The lowest BCUT2D eigenvalue weighted by atomic mass is 9.99. The highest BCUT2D eigenvalue weighted by molar-refractivity contribution is 5.94. The molecule has 1 amide bonds. The Kier molecular flexibility index (Phi) is 5.25. The van der Waals surface area contributed by atoms with Crippen molar-refractivity contribution in [2.75, 3.05) is 26.8 Å². The first-order chi connectivity index (χ1) is 13.1. The smallest absolute Gasteiger partial charge is 0.254 e. The maximum absolute atomic E-state index is 12.7. The molecule has 0 spiro atoms. The van der Waals surface area contributed by atoms with Gasteiger partial charge >= 0.3 is 0 Å². The van der Waals surface area contributed by atoms with E-state index in [0.29, 0.717) is 18.8 Å². The molecule has 0 radical (unpaired) electrons. The van der Waals surface area contributed by atoms with Gasteiger partial charge < -0.3 is 14.7 Å². The van der Waals surface area contributed by atoms with E-state index in [-0.39, 0.29) is 11.9 Å². The number of benzene rings is 2. The van der Waals surface area contributed by atoms with Crippen LogP contribution < -0.4 is 0 Å². The Morgan fingerprint density at radius 2 is 1.89 bits per heavy atom. The van der Waals surface area contributed by atoms with Crippen molar-refractivity contribution in [2.24, 2.45) is 0 Å². The number of carbonyl (C=O) groups is 1. The van der Waals surface area contributed by atoms with Gasteiger partial charge in [-0.2, -0.15) is 0 Å². The number of fused-ring (bicyclic) bond motifs is 1. The normalized spacial score (nSPS) is 22.4. The lowest BCUT2D eigenvalue weighted by molar-refractivity contribution is 0.0581. The molecule has 4 rings (SSSR count). The molecule has 2 heterocycles. The van der Waals surface area contributed by atoms with Gasteiger partial charge in [0.2, 0.25) is 0 Å². The fourth-order valence-electron chi connectivity index (χ4n) is 3.96. The number of hydrogen-bond acceptors (Lipinski definition) is 4. The van der Waals surface area contributed by atoms with Crippen LogP contribution in [0.25, 0.3) is 0 Å². The first-order valence-electron chi connectivity index (χ1n) is 9.53. The van der Waals surface area contributed by atoms with Crippen LogP contribution in [-0.2, 0) is 24.2 Å². The lowest BCUT2D eigenvalue weighted by Gasteiger charge is -2.29. The van der Waals surface area contributed by atoms with Crippen LogP contribution in [0.5, 0.6) is 0 Å². The largest absolute Gasteiger partial charge is 0.388 e. The second-order valence-electron chi connectivity index (χ2n) is 7.51. The molecule has 142 valence electrons. The van der Waals surface area contributed by atoms with Crippen molar-refractivity contribution in [3.63, 3.8) is 0 Å². The second kappa shape index (κ2) is 7.80. The first kappa shape index (κ1) is 18.2. The third-order valence-corrected chi connectivity index (χ3v) is 5.66. The van der Waals surface area contributed by atoms with Crippen LogP contribution in [0.3, 0.4) is 0 Å². The average molecular weight is 366 g/mol. The Morgan fingerprint density at radius 1 is 1.15 bits per heavy atom. The fourth-order valence-corrected chi connectivity index (χ4v) is 3.96. The van der Waals surface area contributed by atoms with Crippen LogP contribution in [-0.4, -0.2) is 59.8 Å². The average Bonchev–Trinajstić information content (AvgIpc) is 3.13. The maximum atomic E-state index is 12.7. The zero-order valence-electron chi connectivity index (χ0n) is 15.7. The van der Waals surface area contributed by atoms with E-state index in [2.05, 4.69) is 29.2 Å². The van der Waals surface area contributed by atoms with E-state index < -0.39 is 6.10 Å². The van der Waals surface area contributed by atoms with Gasteiger partial charge in [-0.05, 0) is 35.2 Å². The number of aliphatic hydroxyl groups is 1. The van der Waals surface area contributed by atoms with E-state index in [1.54, 1.807) is 11.9 Å². The first-order valence-corrected chi connectivity index (χ1v) is 9.53. The predicted molar refractivity (Wildman–Crippen MR) is 103 cm³/mol. The molecule has 0 aromatic heterocycles. The number of aliphatic hydroxyl groups excluding tert-OH is 1. The van der Waals surface area contributed by atoms with Crippen molar-refractivity contribution >= 4 is 5.91 Å². The monoisotopic (exact) mass is 366 g/mol. The molecule has 0 aliphatic carbocycles. The van der Waals surface area contributed by atoms with Crippen molar-refractivity contribution in [1.82, 2.24) is 9.80 Å². The number of likely N-dealkylation sites (N-methyl/N-ethyl adjacent to an activating group) is 1. The Labute approximate surface area is 160 Å². The molecule has 1 saturated heterocycles. The Bertz CT molecular complexity index is 805. The summed E-state index contributed by atoms with van der Waals surface area (Å²) in [7, 11) is 1.73. The van der Waals surface area contributed by atoms with E-state index in [1.807, 2.05) is 24.3 Å². The summed E-state index contributed by atoms with van der Waals surface area (Å²) in [4.78, 5) is 16.7. The SMILES string of the molecule is CN(C(=O)c1ccc(CN2CCc3ccccc3C2)cc1)[C@H]1COC[C@@H]1O. The quantitative estimate of drug-likeness (QED) is 0.900. The summed E-state index contributed by atoms with van der Waals surface area (Å²) < 4.78 is 5.26. The van der Waals surface area contributed by atoms with Crippen molar-refractivity contribution in [3.05, 3.63) is 70.8 Å². The summed E-state index contributed by atoms with van der Waals surface area (Å²) >= 11 is 0. The van der Waals surface area contributed by atoms with Gasteiger partial charge in [0.15, 0.2) is 0 Å². The van der Waals surface area contributed by atoms with Crippen LogP contribution in [0.4, 0.5) is 0 Å². The number of amides is 1. The van der Waals surface area contributed by atoms with E-state index >= 15 is 0 Å². The van der Waals surface area contributed by atoms with E-state index in [9.17, 15) is 9.90 Å². The highest BCUT2D eigenvalue weighted by Crippen LogP contribution is 2.21. The van der Waals surface area contributed by atoms with Crippen LogP contribution in [0.15, 0.2) is 48.5 Å². The number of ether oxygens (including phenoxy) is 1. The van der Waals surface area contributed by atoms with Gasteiger partial charge in [-0.25, -0.2) is 0 Å². The molecular formula is C22H26N2O3. The summed E-state index contributed by atoms with van der Waals surface area (Å²) in [6, 6.07) is 16.2. The topological polar surface area (TPSA) is 53.0 Å². The third kappa shape index (κ3) is 3.90. The number of hydrogen-bond donors (Lipinski definition) is 1. The van der Waals surface area contributed by atoms with Gasteiger partial charge in [-0.3, -0.25) is 9.69 Å². The summed E-state index contributed by atoms with van der Waals surface area (Å²) in [6.45, 7) is 3.59. The zero-order chi connectivity index (χ0) is 18.8. The van der Waals surface area contributed by atoms with Crippen molar-refractivity contribution < 1.29 is 14.6 Å². The van der Waals surface area contributed by atoms with Crippen molar-refractivity contribution in [1.29, 1.82) is 0 Å². The summed E-state index contributed by atoms with van der Waals surface area (Å²) in [5, 5.41) is 9.93. The molecule has 2 aliphatic heterocycles. The molecule has 2 aromatic rings. The van der Waals surface area contributed by atoms with Crippen molar-refractivity contribution in [2.45, 2.75) is 31.7 Å². The standard InChI is InChI=1S/C22H26N2O3/c1-23(20-14-27-15-21(20)25)22(26)18-8-6-16(7-9-18)12-24-11-10-17-4-2-3-5-19(17)13-24/h2-9,20-21,25H,10-15H2,1H3/t20-,21-/m0/s1. The molecule has 27 heavy (non-hydrogen) atoms. The highest BCUT2D eigenvalue weighted by Gasteiger charge is 2.32. The van der Waals surface area contributed by atoms with Crippen LogP contribution in [0.2, 0.25) is 0 Å². The molecule has 1 N–H and O–H groups in total. The van der Waals surface area contributed by atoms with Crippen LogP contribution >= 0.6 is 0 Å². The molecule has 2 atom stereocenters. The Balaban J connectivity index is 1.38. The minimum atomic E-state index is -0.611. The molecule has 5 nitrogen and oxygen atoms in total. The molecule has 0 unspecified atom stereocenters. The van der Waals surface area contributed by atoms with Gasteiger partial charge in [0, 0.05) is 32.2 Å². The van der Waals surface area contributed by atoms with E-state index in [1.165, 1.54) is 16.7 Å². The third-order valence-electron chi connectivity index (χ3n) is 5.66. The zero-order valence-corrected chi connectivity index (χ0v) is 15.7. The second-order valence-corrected chi connectivity index (χ2v) is 7.51. The maximum Gasteiger partial charge on any atom is 0.254 e. The minimum absolute atomic E-state index is 0.0806. The highest BCUT2D eigenvalue weighted by atomic mass is 16.5. The van der Waals surface area contributed by atoms with Crippen LogP contribution in [0, 0.1) is 0 Å². The molecule has 1 fully saturated rings. The van der Waals surface area contributed by atoms with Gasteiger partial charge in [0.25, 0.3) is 5.91 Å². The number of nitrogens with zero attached hydrogens (tertiary/aromatic N) is 2. The van der Waals surface area contributed by atoms with E-state index in [0.717, 1.165) is 26.1 Å². The van der Waals surface area contributed by atoms with Gasteiger partial charge in [0.1, 0.15) is 0 Å². The summed E-state index contributed by atoms with van der Waals surface area (Å²) in [6.07, 6.45) is 0.476. The summed E-state index contributed by atoms with van der Waals surface area (Å²) in [5.41, 5.74) is 4.72.